The lowest BCUT2D eigenvalue weighted by atomic mass is 10.3. The summed E-state index contributed by atoms with van der Waals surface area (Å²) >= 11 is 0. The van der Waals surface area contributed by atoms with Gasteiger partial charge in [0.05, 0.1) is 20.6 Å². The molecule has 0 spiro atoms. The van der Waals surface area contributed by atoms with Crippen LogP contribution in [0.15, 0.2) is 24.6 Å². The van der Waals surface area contributed by atoms with Crippen LogP contribution in [0.3, 0.4) is 0 Å². The van der Waals surface area contributed by atoms with Gasteiger partial charge in [-0.2, -0.15) is 0 Å². The van der Waals surface area contributed by atoms with E-state index < -0.39 is 11.9 Å². The number of hydrogen-bond donors (Lipinski definition) is 1. The van der Waals surface area contributed by atoms with Crippen LogP contribution in [0, 0.1) is 0 Å². The molecule has 0 atom stereocenters. The molecule has 0 radical (unpaired) electrons. The van der Waals surface area contributed by atoms with Crippen molar-refractivity contribution in [3.63, 3.8) is 0 Å². The van der Waals surface area contributed by atoms with E-state index in [2.05, 4.69) is 21.4 Å². The van der Waals surface area contributed by atoms with Crippen LogP contribution in [0.2, 0.25) is 0 Å². The summed E-state index contributed by atoms with van der Waals surface area (Å²) in [6.07, 6.45) is 2.49. The third-order valence-electron chi connectivity index (χ3n) is 1.34. The van der Waals surface area contributed by atoms with E-state index in [1.165, 1.54) is 26.5 Å². The van der Waals surface area contributed by atoms with Crippen LogP contribution in [0.4, 0.5) is 0 Å². The van der Waals surface area contributed by atoms with Gasteiger partial charge in [0.1, 0.15) is 0 Å². The zero-order chi connectivity index (χ0) is 11.0. The van der Waals surface area contributed by atoms with E-state index in [0.717, 1.165) is 0 Å². The van der Waals surface area contributed by atoms with Crippen molar-refractivity contribution in [3.8, 4) is 0 Å². The quantitative estimate of drug-likeness (QED) is 0.511. The maximum absolute atomic E-state index is 10.9. The Morgan fingerprint density at radius 3 is 2.43 bits per heavy atom. The molecule has 0 aromatic rings. The van der Waals surface area contributed by atoms with Crippen LogP contribution in [-0.2, 0) is 19.1 Å². The van der Waals surface area contributed by atoms with Crippen molar-refractivity contribution in [1.82, 2.24) is 5.32 Å². The fourth-order valence-corrected chi connectivity index (χ4v) is 0.704. The summed E-state index contributed by atoms with van der Waals surface area (Å²) in [4.78, 5) is 21.7. The van der Waals surface area contributed by atoms with E-state index in [9.17, 15) is 9.59 Å². The molecule has 78 valence electrons. The molecule has 0 rings (SSSR count). The molecule has 0 aliphatic heterocycles. The van der Waals surface area contributed by atoms with Crippen molar-refractivity contribution in [2.75, 3.05) is 14.2 Å². The van der Waals surface area contributed by atoms with Crippen molar-refractivity contribution in [2.24, 2.45) is 0 Å². The van der Waals surface area contributed by atoms with Gasteiger partial charge in [0.15, 0.2) is 0 Å². The molecule has 0 aliphatic carbocycles. The van der Waals surface area contributed by atoms with Crippen molar-refractivity contribution in [3.05, 3.63) is 24.6 Å². The molecule has 0 bridgehead atoms. The van der Waals surface area contributed by atoms with Crippen LogP contribution in [-0.4, -0.2) is 26.2 Å². The summed E-state index contributed by atoms with van der Waals surface area (Å²) in [6, 6.07) is 0. The molecule has 0 aromatic carbocycles. The first-order chi connectivity index (χ1) is 6.63. The Morgan fingerprint density at radius 2 is 2.00 bits per heavy atom. The van der Waals surface area contributed by atoms with Crippen molar-refractivity contribution >= 4 is 11.9 Å². The molecule has 5 nitrogen and oxygen atoms in total. The molecule has 0 aliphatic rings. The van der Waals surface area contributed by atoms with Gasteiger partial charge in [0, 0.05) is 11.8 Å². The average Bonchev–Trinajstić information content (AvgIpc) is 2.17. The highest BCUT2D eigenvalue weighted by atomic mass is 16.5. The number of nitrogens with one attached hydrogen (secondary N) is 1. The number of carbonyl (C=O) groups is 2. The highest BCUT2D eigenvalue weighted by Gasteiger charge is 2.06. The Bertz CT molecular complexity index is 258. The van der Waals surface area contributed by atoms with E-state index in [1.807, 2.05) is 0 Å². The average molecular weight is 199 g/mol. The number of carbonyl (C=O) groups excluding carboxylic acids is 2. The molecule has 0 saturated heterocycles. The van der Waals surface area contributed by atoms with E-state index in [4.69, 9.17) is 0 Å². The lowest BCUT2D eigenvalue weighted by molar-refractivity contribution is -0.139. The number of esters is 2. The van der Waals surface area contributed by atoms with Crippen molar-refractivity contribution in [2.45, 2.75) is 6.42 Å². The summed E-state index contributed by atoms with van der Waals surface area (Å²) in [5.74, 6) is -0.993. The second-order valence-corrected chi connectivity index (χ2v) is 2.29. The van der Waals surface area contributed by atoms with Gasteiger partial charge in [-0.3, -0.25) is 4.79 Å². The number of ether oxygens (including phenoxy) is 2. The van der Waals surface area contributed by atoms with Gasteiger partial charge in [-0.15, -0.1) is 0 Å². The topological polar surface area (TPSA) is 64.6 Å². The number of rotatable bonds is 5. The normalized spacial score (nSPS) is 10.3. The molecule has 0 fully saturated rings. The van der Waals surface area contributed by atoms with Gasteiger partial charge in [-0.25, -0.2) is 4.79 Å². The summed E-state index contributed by atoms with van der Waals surface area (Å²) in [7, 11) is 2.52. The number of methoxy groups -OCH3 is 2. The van der Waals surface area contributed by atoms with Crippen LogP contribution >= 0.6 is 0 Å². The van der Waals surface area contributed by atoms with Crippen LogP contribution in [0.5, 0.6) is 0 Å². The smallest absolute Gasteiger partial charge is 0.332 e. The van der Waals surface area contributed by atoms with Crippen molar-refractivity contribution in [1.29, 1.82) is 0 Å². The zero-order valence-electron chi connectivity index (χ0n) is 8.20. The highest BCUT2D eigenvalue weighted by Crippen LogP contribution is 1.99. The van der Waals surface area contributed by atoms with Gasteiger partial charge in [-0.05, 0) is 6.20 Å². The molecule has 0 amide bonds. The molecule has 14 heavy (non-hydrogen) atoms. The Hall–Kier alpha value is -1.78. The van der Waals surface area contributed by atoms with Gasteiger partial charge in [-0.1, -0.05) is 6.58 Å². The molecule has 0 saturated carbocycles. The zero-order valence-corrected chi connectivity index (χ0v) is 8.20. The Morgan fingerprint density at radius 1 is 1.36 bits per heavy atom. The minimum atomic E-state index is -0.543. The second-order valence-electron chi connectivity index (χ2n) is 2.29. The molecule has 0 aromatic heterocycles. The molecule has 0 unspecified atom stereocenters. The Labute approximate surface area is 82.4 Å². The minimum Gasteiger partial charge on any atom is -0.469 e. The molecule has 0 heterocycles. The lowest BCUT2D eigenvalue weighted by Gasteiger charge is -2.04. The van der Waals surface area contributed by atoms with E-state index in [1.54, 1.807) is 0 Å². The molecular formula is C9H13NO4. The van der Waals surface area contributed by atoms with E-state index >= 15 is 0 Å². The predicted octanol–water partition coefficient (Wildman–Crippen LogP) is 0.339. The minimum absolute atomic E-state index is 0.0301. The summed E-state index contributed by atoms with van der Waals surface area (Å²) < 4.78 is 8.84. The first kappa shape index (κ1) is 12.2. The van der Waals surface area contributed by atoms with Crippen molar-refractivity contribution < 1.29 is 19.1 Å². The first-order valence-corrected chi connectivity index (χ1v) is 3.86. The Kier molecular flexibility index (Phi) is 5.85. The molecule has 1 N–H and O–H groups in total. The lowest BCUT2D eigenvalue weighted by Crippen LogP contribution is -2.13. The molecular weight excluding hydrogens is 186 g/mol. The molecule has 5 heteroatoms. The maximum Gasteiger partial charge on any atom is 0.332 e. The second kappa shape index (κ2) is 6.71. The van der Waals surface area contributed by atoms with Gasteiger partial charge in [0.25, 0.3) is 0 Å². The van der Waals surface area contributed by atoms with E-state index in [0.29, 0.717) is 5.70 Å². The van der Waals surface area contributed by atoms with E-state index in [-0.39, 0.29) is 6.42 Å². The summed E-state index contributed by atoms with van der Waals surface area (Å²) in [5.41, 5.74) is 0.374. The monoisotopic (exact) mass is 199 g/mol. The van der Waals surface area contributed by atoms with Crippen LogP contribution < -0.4 is 5.32 Å². The third-order valence-corrected chi connectivity index (χ3v) is 1.34. The van der Waals surface area contributed by atoms with Gasteiger partial charge >= 0.3 is 11.9 Å². The van der Waals surface area contributed by atoms with Crippen LogP contribution in [0.25, 0.3) is 0 Å². The SMILES string of the molecule is C=CNC(=CC(=O)OC)CC(=O)OC. The summed E-state index contributed by atoms with van der Waals surface area (Å²) in [5, 5.41) is 2.64. The van der Waals surface area contributed by atoms with Gasteiger partial charge < -0.3 is 14.8 Å². The number of hydrogen-bond acceptors (Lipinski definition) is 5. The fraction of sp³-hybridized carbons (Fsp3) is 0.333. The largest absolute Gasteiger partial charge is 0.469 e. The van der Waals surface area contributed by atoms with Gasteiger partial charge in [0.2, 0.25) is 0 Å². The predicted molar refractivity (Wildman–Crippen MR) is 50.1 cm³/mol. The Balaban J connectivity index is 4.42. The fourth-order valence-electron chi connectivity index (χ4n) is 0.704. The first-order valence-electron chi connectivity index (χ1n) is 3.86. The maximum atomic E-state index is 10.9. The standard InChI is InChI=1S/C9H13NO4/c1-4-10-7(5-8(11)13-2)6-9(12)14-3/h4-5,10H,1,6H2,2-3H3. The van der Waals surface area contributed by atoms with Crippen LogP contribution in [0.1, 0.15) is 6.42 Å². The summed E-state index contributed by atoms with van der Waals surface area (Å²) in [6.45, 7) is 3.41. The third kappa shape index (κ3) is 4.97. The highest BCUT2D eigenvalue weighted by molar-refractivity contribution is 5.84.